The summed E-state index contributed by atoms with van der Waals surface area (Å²) in [5, 5.41) is 9.06. The molecule has 5 nitrogen and oxygen atoms in total. The van der Waals surface area contributed by atoms with E-state index < -0.39 is 11.5 Å². The molecule has 0 aliphatic carbocycles. The number of hydrogen-bond acceptors (Lipinski definition) is 4. The number of ether oxygens (including phenoxy) is 1. The Morgan fingerprint density at radius 1 is 1.67 bits per heavy atom. The molecule has 5 heteroatoms. The van der Waals surface area contributed by atoms with Crippen LogP contribution in [0.3, 0.4) is 0 Å². The van der Waals surface area contributed by atoms with Crippen LogP contribution < -0.4 is 5.73 Å². The number of carboxylic acid groups (broad SMARTS) is 1. The largest absolute Gasteiger partial charge is 0.480 e. The van der Waals surface area contributed by atoms with E-state index >= 15 is 0 Å². The van der Waals surface area contributed by atoms with Gasteiger partial charge < -0.3 is 15.6 Å². The number of rotatable bonds is 7. The van der Waals surface area contributed by atoms with E-state index in [1.54, 1.807) is 6.92 Å². The quantitative estimate of drug-likeness (QED) is 0.714. The van der Waals surface area contributed by atoms with Crippen molar-refractivity contribution in [3.05, 3.63) is 0 Å². The topological polar surface area (TPSA) is 75.8 Å². The van der Waals surface area contributed by atoms with E-state index in [9.17, 15) is 4.79 Å². The predicted molar refractivity (Wildman–Crippen MR) is 70.5 cm³/mol. The molecule has 1 aliphatic heterocycles. The lowest BCUT2D eigenvalue weighted by atomic mass is 9.94. The van der Waals surface area contributed by atoms with Crippen LogP contribution in [-0.2, 0) is 9.53 Å². The zero-order valence-corrected chi connectivity index (χ0v) is 11.7. The molecule has 0 bridgehead atoms. The van der Waals surface area contributed by atoms with Crippen molar-refractivity contribution in [2.24, 2.45) is 5.73 Å². The zero-order chi connectivity index (χ0) is 13.8. The van der Waals surface area contributed by atoms with E-state index in [1.807, 2.05) is 6.92 Å². The highest BCUT2D eigenvalue weighted by Gasteiger charge is 2.32. The first kappa shape index (κ1) is 15.4. The molecule has 3 unspecified atom stereocenters. The zero-order valence-electron chi connectivity index (χ0n) is 11.7. The van der Waals surface area contributed by atoms with Crippen LogP contribution in [0.4, 0.5) is 0 Å². The number of nitrogens with two attached hydrogens (primary N) is 1. The number of carbonyl (C=O) groups is 1. The van der Waals surface area contributed by atoms with Gasteiger partial charge in [0.25, 0.3) is 0 Å². The molecule has 0 aromatic rings. The molecule has 1 fully saturated rings. The Balaban J connectivity index is 2.50. The Bertz CT molecular complexity index is 275. The molecular weight excluding hydrogens is 232 g/mol. The van der Waals surface area contributed by atoms with Crippen LogP contribution >= 0.6 is 0 Å². The van der Waals surface area contributed by atoms with Gasteiger partial charge in [0.15, 0.2) is 0 Å². The summed E-state index contributed by atoms with van der Waals surface area (Å²) in [6, 6.07) is 0.144. The fourth-order valence-corrected chi connectivity index (χ4v) is 2.50. The lowest BCUT2D eigenvalue weighted by Crippen LogP contribution is -2.51. The van der Waals surface area contributed by atoms with Crippen molar-refractivity contribution in [2.75, 3.05) is 19.7 Å². The molecule has 0 amide bonds. The summed E-state index contributed by atoms with van der Waals surface area (Å²) in [5.74, 6) is -0.942. The highest BCUT2D eigenvalue weighted by atomic mass is 16.5. The number of carboxylic acids is 1. The second kappa shape index (κ2) is 6.50. The lowest BCUT2D eigenvalue weighted by molar-refractivity contribution is -0.143. The van der Waals surface area contributed by atoms with Gasteiger partial charge in [0.05, 0.1) is 6.10 Å². The smallest absolute Gasteiger partial charge is 0.323 e. The molecule has 0 aromatic heterocycles. The third kappa shape index (κ3) is 4.23. The molecule has 0 radical (unpaired) electrons. The third-order valence-corrected chi connectivity index (χ3v) is 3.70. The van der Waals surface area contributed by atoms with E-state index in [-0.39, 0.29) is 6.04 Å². The summed E-state index contributed by atoms with van der Waals surface area (Å²) < 4.78 is 5.62. The Hall–Kier alpha value is -0.650. The Morgan fingerprint density at radius 2 is 2.33 bits per heavy atom. The summed E-state index contributed by atoms with van der Waals surface area (Å²) in [6.45, 7) is 8.29. The molecule has 1 saturated heterocycles. The minimum Gasteiger partial charge on any atom is -0.480 e. The van der Waals surface area contributed by atoms with Crippen LogP contribution in [0.25, 0.3) is 0 Å². The predicted octanol–water partition coefficient (Wildman–Crippen LogP) is 1.07. The van der Waals surface area contributed by atoms with Gasteiger partial charge in [-0.15, -0.1) is 0 Å². The van der Waals surface area contributed by atoms with Crippen LogP contribution in [0.15, 0.2) is 0 Å². The lowest BCUT2D eigenvalue weighted by Gasteiger charge is -2.33. The van der Waals surface area contributed by atoms with Crippen molar-refractivity contribution in [3.63, 3.8) is 0 Å². The van der Waals surface area contributed by atoms with E-state index in [4.69, 9.17) is 15.6 Å². The van der Waals surface area contributed by atoms with Gasteiger partial charge in [-0.1, -0.05) is 6.92 Å². The Morgan fingerprint density at radius 3 is 2.78 bits per heavy atom. The summed E-state index contributed by atoms with van der Waals surface area (Å²) in [4.78, 5) is 13.3. The molecule has 3 N–H and O–H groups in total. The maximum Gasteiger partial charge on any atom is 0.323 e. The van der Waals surface area contributed by atoms with Gasteiger partial charge in [0, 0.05) is 19.2 Å². The van der Waals surface area contributed by atoms with Crippen molar-refractivity contribution in [2.45, 2.75) is 57.7 Å². The molecule has 0 saturated carbocycles. The van der Waals surface area contributed by atoms with Crippen LogP contribution in [0, 0.1) is 0 Å². The van der Waals surface area contributed by atoms with Crippen molar-refractivity contribution in [1.82, 2.24) is 4.90 Å². The molecule has 3 atom stereocenters. The van der Waals surface area contributed by atoms with Gasteiger partial charge >= 0.3 is 5.97 Å². The fraction of sp³-hybridized carbons (Fsp3) is 0.923. The van der Waals surface area contributed by atoms with E-state index in [0.717, 1.165) is 32.5 Å². The van der Waals surface area contributed by atoms with Gasteiger partial charge in [-0.05, 0) is 39.7 Å². The first-order valence-electron chi connectivity index (χ1n) is 6.74. The number of likely N-dealkylation sites (N-methyl/N-ethyl adjacent to an activating group) is 1. The molecule has 0 spiro atoms. The van der Waals surface area contributed by atoms with Crippen LogP contribution in [0.1, 0.15) is 40.0 Å². The van der Waals surface area contributed by atoms with Crippen molar-refractivity contribution in [1.29, 1.82) is 0 Å². The van der Waals surface area contributed by atoms with E-state index in [0.29, 0.717) is 12.5 Å². The third-order valence-electron chi connectivity index (χ3n) is 3.70. The molecule has 1 aliphatic rings. The van der Waals surface area contributed by atoms with Crippen molar-refractivity contribution in [3.8, 4) is 0 Å². The SMILES string of the molecule is CCN(CC1CCCO1)C(C)CC(C)(N)C(=O)O. The molecule has 0 aromatic carbocycles. The molecule has 1 heterocycles. The highest BCUT2D eigenvalue weighted by molar-refractivity contribution is 5.77. The maximum atomic E-state index is 11.0. The van der Waals surface area contributed by atoms with Crippen LogP contribution in [0.2, 0.25) is 0 Å². The van der Waals surface area contributed by atoms with Gasteiger partial charge in [0.1, 0.15) is 5.54 Å². The van der Waals surface area contributed by atoms with Crippen molar-refractivity contribution >= 4 is 5.97 Å². The highest BCUT2D eigenvalue weighted by Crippen LogP contribution is 2.18. The summed E-state index contributed by atoms with van der Waals surface area (Å²) in [7, 11) is 0. The minimum absolute atomic E-state index is 0.144. The van der Waals surface area contributed by atoms with Gasteiger partial charge in [-0.25, -0.2) is 0 Å². The van der Waals surface area contributed by atoms with Crippen LogP contribution in [0.5, 0.6) is 0 Å². The van der Waals surface area contributed by atoms with Gasteiger partial charge in [0.2, 0.25) is 0 Å². The van der Waals surface area contributed by atoms with Gasteiger partial charge in [-0.2, -0.15) is 0 Å². The Kier molecular flexibility index (Phi) is 5.56. The monoisotopic (exact) mass is 258 g/mol. The average Bonchev–Trinajstić information content (AvgIpc) is 2.77. The first-order chi connectivity index (χ1) is 8.36. The summed E-state index contributed by atoms with van der Waals surface area (Å²) >= 11 is 0. The maximum absolute atomic E-state index is 11.0. The standard InChI is InChI=1S/C13H26N2O3/c1-4-15(9-11-6-5-7-18-11)10(2)8-13(3,14)12(16)17/h10-11H,4-9,14H2,1-3H3,(H,16,17). The van der Waals surface area contributed by atoms with E-state index in [2.05, 4.69) is 11.8 Å². The average molecular weight is 258 g/mol. The number of hydrogen-bond donors (Lipinski definition) is 2. The number of aliphatic carboxylic acids is 1. The minimum atomic E-state index is -1.16. The van der Waals surface area contributed by atoms with Crippen LogP contribution in [-0.4, -0.2) is 53.4 Å². The summed E-state index contributed by atoms with van der Waals surface area (Å²) in [6.07, 6.45) is 2.96. The normalized spacial score (nSPS) is 25.1. The molecule has 1 rings (SSSR count). The second-order valence-electron chi connectivity index (χ2n) is 5.50. The molecule has 18 heavy (non-hydrogen) atoms. The van der Waals surface area contributed by atoms with E-state index in [1.165, 1.54) is 0 Å². The van der Waals surface area contributed by atoms with Crippen molar-refractivity contribution < 1.29 is 14.6 Å². The molecular formula is C13H26N2O3. The summed E-state index contributed by atoms with van der Waals surface area (Å²) in [5.41, 5.74) is 4.64. The molecule has 106 valence electrons. The number of nitrogens with zero attached hydrogens (tertiary/aromatic N) is 1. The first-order valence-corrected chi connectivity index (χ1v) is 6.74. The Labute approximate surface area is 109 Å². The fourth-order valence-electron chi connectivity index (χ4n) is 2.50. The second-order valence-corrected chi connectivity index (χ2v) is 5.50. The van der Waals surface area contributed by atoms with Gasteiger partial charge in [-0.3, -0.25) is 9.69 Å².